The van der Waals surface area contributed by atoms with Crippen LogP contribution in [-0.4, -0.2) is 72.6 Å². The van der Waals surface area contributed by atoms with Crippen LogP contribution in [0.25, 0.3) is 0 Å². The maximum absolute atomic E-state index is 12.6. The van der Waals surface area contributed by atoms with E-state index in [1.165, 1.54) is 0 Å². The second-order valence-electron chi connectivity index (χ2n) is 8.22. The summed E-state index contributed by atoms with van der Waals surface area (Å²) in [7, 11) is 0. The molecule has 1 fully saturated rings. The molecule has 1 aromatic rings. The van der Waals surface area contributed by atoms with Gasteiger partial charge in [-0.1, -0.05) is 25.1 Å². The molecule has 166 valence electrons. The van der Waals surface area contributed by atoms with Gasteiger partial charge in [0.05, 0.1) is 0 Å². The van der Waals surface area contributed by atoms with E-state index in [0.29, 0.717) is 32.6 Å². The first-order chi connectivity index (χ1) is 14.2. The zero-order valence-corrected chi connectivity index (χ0v) is 18.4. The number of nitrogens with one attached hydrogen (secondary N) is 1. The van der Waals surface area contributed by atoms with E-state index in [-0.39, 0.29) is 25.0 Å². The molecule has 1 N–H and O–H groups in total. The Morgan fingerprint density at radius 1 is 1.00 bits per heavy atom. The van der Waals surface area contributed by atoms with E-state index in [0.717, 1.165) is 17.7 Å². The van der Waals surface area contributed by atoms with Crippen molar-refractivity contribution in [1.82, 2.24) is 15.1 Å². The molecule has 1 saturated heterocycles. The molecule has 0 spiro atoms. The smallest absolute Gasteiger partial charge is 0.408 e. The molecule has 0 unspecified atom stereocenters. The van der Waals surface area contributed by atoms with Crippen molar-refractivity contribution in [2.24, 2.45) is 0 Å². The standard InChI is InChI=1S/C22H33N3O5/c1-5-17-9-6-7-10-18(17)29-16-20(27)25-12-8-11-24(13-14-25)19(26)15-23-21(28)30-22(2,3)4/h6-7,9-10H,5,8,11-16H2,1-4H3,(H,23,28). The molecule has 30 heavy (non-hydrogen) atoms. The summed E-state index contributed by atoms with van der Waals surface area (Å²) in [5, 5.41) is 2.49. The van der Waals surface area contributed by atoms with Gasteiger partial charge >= 0.3 is 6.09 Å². The summed E-state index contributed by atoms with van der Waals surface area (Å²) < 4.78 is 10.9. The van der Waals surface area contributed by atoms with E-state index < -0.39 is 11.7 Å². The fourth-order valence-electron chi connectivity index (χ4n) is 3.16. The molecule has 1 aliphatic heterocycles. The minimum Gasteiger partial charge on any atom is -0.483 e. The molecule has 8 nitrogen and oxygen atoms in total. The number of alkyl carbamates (subject to hydrolysis) is 1. The largest absolute Gasteiger partial charge is 0.483 e. The van der Waals surface area contributed by atoms with E-state index in [1.807, 2.05) is 31.2 Å². The molecular formula is C22H33N3O5. The van der Waals surface area contributed by atoms with Gasteiger partial charge in [0.2, 0.25) is 5.91 Å². The first kappa shape index (κ1) is 23.5. The van der Waals surface area contributed by atoms with E-state index in [9.17, 15) is 14.4 Å². The number of nitrogens with zero attached hydrogens (tertiary/aromatic N) is 2. The molecule has 0 aromatic heterocycles. The Kier molecular flexibility index (Phi) is 8.50. The van der Waals surface area contributed by atoms with E-state index >= 15 is 0 Å². The predicted molar refractivity (Wildman–Crippen MR) is 113 cm³/mol. The average Bonchev–Trinajstić information content (AvgIpc) is 2.95. The van der Waals surface area contributed by atoms with Gasteiger partial charge in [0.25, 0.3) is 5.91 Å². The molecule has 2 rings (SSSR count). The van der Waals surface area contributed by atoms with Crippen molar-refractivity contribution in [3.8, 4) is 5.75 Å². The first-order valence-electron chi connectivity index (χ1n) is 10.4. The molecule has 1 heterocycles. The summed E-state index contributed by atoms with van der Waals surface area (Å²) in [5.74, 6) is 0.443. The molecule has 3 amide bonds. The molecule has 1 aromatic carbocycles. The maximum atomic E-state index is 12.6. The summed E-state index contributed by atoms with van der Waals surface area (Å²) in [6.45, 7) is 9.16. The minimum atomic E-state index is -0.619. The van der Waals surface area contributed by atoms with Gasteiger partial charge in [-0.2, -0.15) is 0 Å². The third-order valence-electron chi connectivity index (χ3n) is 4.69. The zero-order chi connectivity index (χ0) is 22.1. The van der Waals surface area contributed by atoms with Gasteiger partial charge < -0.3 is 24.6 Å². The SMILES string of the molecule is CCc1ccccc1OCC(=O)N1CCCN(C(=O)CNC(=O)OC(C)(C)C)CC1. The second-order valence-corrected chi connectivity index (χ2v) is 8.22. The van der Waals surface area contributed by atoms with E-state index in [1.54, 1.807) is 30.6 Å². The molecule has 0 saturated carbocycles. The van der Waals surface area contributed by atoms with Crippen LogP contribution < -0.4 is 10.1 Å². The number of benzene rings is 1. The van der Waals surface area contributed by atoms with Crippen molar-refractivity contribution in [3.63, 3.8) is 0 Å². The fraction of sp³-hybridized carbons (Fsp3) is 0.591. The lowest BCUT2D eigenvalue weighted by Crippen LogP contribution is -2.44. The highest BCUT2D eigenvalue weighted by Crippen LogP contribution is 2.18. The number of para-hydroxylation sites is 1. The Hall–Kier alpha value is -2.77. The molecule has 8 heteroatoms. The number of hydrogen-bond donors (Lipinski definition) is 1. The Balaban J connectivity index is 1.79. The van der Waals surface area contributed by atoms with Crippen molar-refractivity contribution < 1.29 is 23.9 Å². The third kappa shape index (κ3) is 7.57. The number of aryl methyl sites for hydroxylation is 1. The highest BCUT2D eigenvalue weighted by molar-refractivity contribution is 5.82. The zero-order valence-electron chi connectivity index (χ0n) is 18.4. The molecule has 1 aliphatic rings. The summed E-state index contributed by atoms with van der Waals surface area (Å²) in [5.41, 5.74) is 0.450. The van der Waals surface area contributed by atoms with Crippen molar-refractivity contribution in [1.29, 1.82) is 0 Å². The first-order valence-corrected chi connectivity index (χ1v) is 10.4. The summed E-state index contributed by atoms with van der Waals surface area (Å²) in [4.78, 5) is 40.1. The molecule has 0 atom stereocenters. The lowest BCUT2D eigenvalue weighted by atomic mass is 10.1. The number of carbonyl (C=O) groups excluding carboxylic acids is 3. The van der Waals surface area contributed by atoms with Gasteiger partial charge in [-0.3, -0.25) is 9.59 Å². The van der Waals surface area contributed by atoms with E-state index in [4.69, 9.17) is 9.47 Å². The second kappa shape index (κ2) is 10.8. The van der Waals surface area contributed by atoms with Crippen LogP contribution in [0.4, 0.5) is 4.79 Å². The maximum Gasteiger partial charge on any atom is 0.408 e. The lowest BCUT2D eigenvalue weighted by Gasteiger charge is -2.23. The van der Waals surface area contributed by atoms with Crippen molar-refractivity contribution in [2.45, 2.75) is 46.1 Å². The Labute approximate surface area is 178 Å². The van der Waals surface area contributed by atoms with Crippen LogP contribution in [0.2, 0.25) is 0 Å². The average molecular weight is 420 g/mol. The lowest BCUT2D eigenvalue weighted by molar-refractivity contribution is -0.134. The van der Waals surface area contributed by atoms with Gasteiger partial charge in [-0.05, 0) is 45.2 Å². The van der Waals surface area contributed by atoms with Gasteiger partial charge in [0.1, 0.15) is 17.9 Å². The molecule has 0 radical (unpaired) electrons. The normalized spacial score (nSPS) is 14.7. The Bertz CT molecular complexity index is 745. The highest BCUT2D eigenvalue weighted by Gasteiger charge is 2.23. The molecular weight excluding hydrogens is 386 g/mol. The Morgan fingerprint density at radius 2 is 1.63 bits per heavy atom. The van der Waals surface area contributed by atoms with Crippen LogP contribution in [0.5, 0.6) is 5.75 Å². The van der Waals surface area contributed by atoms with Gasteiger partial charge in [-0.25, -0.2) is 4.79 Å². The quantitative estimate of drug-likeness (QED) is 0.764. The summed E-state index contributed by atoms with van der Waals surface area (Å²) in [6, 6.07) is 7.69. The van der Waals surface area contributed by atoms with Crippen LogP contribution in [0, 0.1) is 0 Å². The number of rotatable bonds is 6. The predicted octanol–water partition coefficient (Wildman–Crippen LogP) is 2.21. The Morgan fingerprint density at radius 3 is 2.27 bits per heavy atom. The van der Waals surface area contributed by atoms with Gasteiger partial charge in [0, 0.05) is 26.2 Å². The fourth-order valence-corrected chi connectivity index (χ4v) is 3.16. The number of hydrogen-bond acceptors (Lipinski definition) is 5. The van der Waals surface area contributed by atoms with Crippen molar-refractivity contribution >= 4 is 17.9 Å². The van der Waals surface area contributed by atoms with Crippen LogP contribution in [-0.2, 0) is 20.7 Å². The molecule has 0 aliphatic carbocycles. The van der Waals surface area contributed by atoms with Crippen molar-refractivity contribution in [2.75, 3.05) is 39.3 Å². The minimum absolute atomic E-state index is 0.0227. The summed E-state index contributed by atoms with van der Waals surface area (Å²) in [6.07, 6.45) is 0.893. The third-order valence-corrected chi connectivity index (χ3v) is 4.69. The molecule has 0 bridgehead atoms. The monoisotopic (exact) mass is 419 g/mol. The number of amides is 3. The van der Waals surface area contributed by atoms with Crippen LogP contribution in [0.15, 0.2) is 24.3 Å². The van der Waals surface area contributed by atoms with Gasteiger partial charge in [-0.15, -0.1) is 0 Å². The topological polar surface area (TPSA) is 88.2 Å². The number of carbonyl (C=O) groups is 3. The van der Waals surface area contributed by atoms with Crippen LogP contribution in [0.3, 0.4) is 0 Å². The van der Waals surface area contributed by atoms with Crippen LogP contribution >= 0.6 is 0 Å². The number of ether oxygens (including phenoxy) is 2. The summed E-state index contributed by atoms with van der Waals surface area (Å²) >= 11 is 0. The highest BCUT2D eigenvalue weighted by atomic mass is 16.6. The van der Waals surface area contributed by atoms with Gasteiger partial charge in [0.15, 0.2) is 6.61 Å². The van der Waals surface area contributed by atoms with E-state index in [2.05, 4.69) is 5.32 Å². The van der Waals surface area contributed by atoms with Crippen molar-refractivity contribution in [3.05, 3.63) is 29.8 Å². The van der Waals surface area contributed by atoms with Crippen LogP contribution in [0.1, 0.15) is 39.7 Å².